The van der Waals surface area contributed by atoms with E-state index in [0.717, 1.165) is 38.2 Å². The van der Waals surface area contributed by atoms with Crippen molar-refractivity contribution < 1.29 is 4.39 Å². The van der Waals surface area contributed by atoms with Crippen molar-refractivity contribution in [1.82, 2.24) is 10.2 Å². The Bertz CT molecular complexity index is 337. The summed E-state index contributed by atoms with van der Waals surface area (Å²) in [5.74, 6) is -0.111. The van der Waals surface area contributed by atoms with Crippen LogP contribution >= 0.6 is 0 Å². The summed E-state index contributed by atoms with van der Waals surface area (Å²) in [7, 11) is 0. The van der Waals surface area contributed by atoms with Gasteiger partial charge in [0, 0.05) is 24.7 Å². The monoisotopic (exact) mass is 252 g/mol. The second-order valence-electron chi connectivity index (χ2n) is 4.46. The zero-order valence-corrected chi connectivity index (χ0v) is 11.7. The maximum absolute atomic E-state index is 13.7. The second-order valence-corrected chi connectivity index (χ2v) is 4.46. The lowest BCUT2D eigenvalue weighted by atomic mass is 10.0. The SMILES string of the molecule is CCC(NCCN(CC)CC)c1ccccc1F. The van der Waals surface area contributed by atoms with Crippen LogP contribution in [0.1, 0.15) is 38.8 Å². The van der Waals surface area contributed by atoms with Crippen LogP contribution in [0.25, 0.3) is 0 Å². The molecular weight excluding hydrogens is 227 g/mol. The number of rotatable bonds is 8. The van der Waals surface area contributed by atoms with Gasteiger partial charge in [0.25, 0.3) is 0 Å². The molecule has 18 heavy (non-hydrogen) atoms. The number of hydrogen-bond acceptors (Lipinski definition) is 2. The van der Waals surface area contributed by atoms with E-state index in [0.29, 0.717) is 0 Å². The molecule has 0 aliphatic rings. The predicted octanol–water partition coefficient (Wildman–Crippen LogP) is 3.21. The van der Waals surface area contributed by atoms with Crippen LogP contribution in [0.3, 0.4) is 0 Å². The van der Waals surface area contributed by atoms with Crippen LogP contribution in [0.5, 0.6) is 0 Å². The van der Waals surface area contributed by atoms with Gasteiger partial charge in [-0.3, -0.25) is 0 Å². The highest BCUT2D eigenvalue weighted by molar-refractivity contribution is 5.21. The van der Waals surface area contributed by atoms with Gasteiger partial charge in [-0.2, -0.15) is 0 Å². The molecule has 1 N–H and O–H groups in total. The van der Waals surface area contributed by atoms with Crippen LogP contribution in [0, 0.1) is 5.82 Å². The fourth-order valence-electron chi connectivity index (χ4n) is 2.17. The van der Waals surface area contributed by atoms with Gasteiger partial charge in [0.05, 0.1) is 0 Å². The largest absolute Gasteiger partial charge is 0.309 e. The second kappa shape index (κ2) is 8.22. The molecule has 0 amide bonds. The fraction of sp³-hybridized carbons (Fsp3) is 0.600. The predicted molar refractivity (Wildman–Crippen MR) is 75.2 cm³/mol. The Balaban J connectivity index is 2.50. The molecular formula is C15H25FN2. The number of halogens is 1. The van der Waals surface area contributed by atoms with Crippen molar-refractivity contribution in [2.75, 3.05) is 26.2 Å². The number of nitrogens with zero attached hydrogens (tertiary/aromatic N) is 1. The van der Waals surface area contributed by atoms with Crippen molar-refractivity contribution in [3.63, 3.8) is 0 Å². The third-order valence-electron chi connectivity index (χ3n) is 3.40. The first-order valence-electron chi connectivity index (χ1n) is 6.93. The minimum absolute atomic E-state index is 0.111. The lowest BCUT2D eigenvalue weighted by Gasteiger charge is -2.22. The molecule has 0 saturated heterocycles. The zero-order valence-electron chi connectivity index (χ0n) is 11.7. The van der Waals surface area contributed by atoms with E-state index < -0.39 is 0 Å². The molecule has 102 valence electrons. The summed E-state index contributed by atoms with van der Waals surface area (Å²) < 4.78 is 13.7. The van der Waals surface area contributed by atoms with E-state index in [2.05, 4.69) is 31.0 Å². The molecule has 0 bridgehead atoms. The van der Waals surface area contributed by atoms with Gasteiger partial charge >= 0.3 is 0 Å². The van der Waals surface area contributed by atoms with Gasteiger partial charge < -0.3 is 10.2 Å². The van der Waals surface area contributed by atoms with E-state index in [-0.39, 0.29) is 11.9 Å². The number of nitrogens with one attached hydrogen (secondary N) is 1. The first kappa shape index (κ1) is 15.1. The molecule has 1 atom stereocenters. The maximum Gasteiger partial charge on any atom is 0.127 e. The Kier molecular flexibility index (Phi) is 6.91. The molecule has 2 nitrogen and oxygen atoms in total. The summed E-state index contributed by atoms with van der Waals surface area (Å²) in [6.45, 7) is 10.5. The van der Waals surface area contributed by atoms with Crippen LogP contribution in [-0.4, -0.2) is 31.1 Å². The van der Waals surface area contributed by atoms with Crippen LogP contribution < -0.4 is 5.32 Å². The molecule has 1 rings (SSSR count). The number of benzene rings is 1. The third kappa shape index (κ3) is 4.39. The molecule has 0 aliphatic carbocycles. The topological polar surface area (TPSA) is 15.3 Å². The summed E-state index contributed by atoms with van der Waals surface area (Å²) in [5.41, 5.74) is 0.777. The Labute approximate surface area is 110 Å². The first-order chi connectivity index (χ1) is 8.72. The summed E-state index contributed by atoms with van der Waals surface area (Å²) in [6, 6.07) is 7.15. The molecule has 0 aromatic heterocycles. The highest BCUT2D eigenvalue weighted by Gasteiger charge is 2.12. The van der Waals surface area contributed by atoms with Crippen molar-refractivity contribution >= 4 is 0 Å². The summed E-state index contributed by atoms with van der Waals surface area (Å²) in [5, 5.41) is 3.44. The van der Waals surface area contributed by atoms with Gasteiger partial charge in [0.15, 0.2) is 0 Å². The zero-order chi connectivity index (χ0) is 13.4. The molecule has 1 unspecified atom stereocenters. The quantitative estimate of drug-likeness (QED) is 0.764. The Morgan fingerprint density at radius 3 is 2.39 bits per heavy atom. The minimum atomic E-state index is -0.111. The van der Waals surface area contributed by atoms with Crippen LogP contribution in [0.15, 0.2) is 24.3 Å². The van der Waals surface area contributed by atoms with Crippen molar-refractivity contribution in [3.05, 3.63) is 35.6 Å². The molecule has 0 saturated carbocycles. The molecule has 0 heterocycles. The molecule has 0 spiro atoms. The Hall–Kier alpha value is -0.930. The summed E-state index contributed by atoms with van der Waals surface area (Å²) >= 11 is 0. The van der Waals surface area contributed by atoms with Crippen LogP contribution in [-0.2, 0) is 0 Å². The van der Waals surface area contributed by atoms with E-state index in [1.165, 1.54) is 6.07 Å². The normalized spacial score (nSPS) is 12.9. The Morgan fingerprint density at radius 2 is 1.83 bits per heavy atom. The average Bonchev–Trinajstić information content (AvgIpc) is 2.40. The molecule has 0 radical (unpaired) electrons. The standard InChI is InChI=1S/C15H25FN2/c1-4-15(13-9-7-8-10-14(13)16)17-11-12-18(5-2)6-3/h7-10,15,17H,4-6,11-12H2,1-3H3. The third-order valence-corrected chi connectivity index (χ3v) is 3.40. The van der Waals surface area contributed by atoms with Crippen molar-refractivity contribution in [2.24, 2.45) is 0 Å². The van der Waals surface area contributed by atoms with E-state index >= 15 is 0 Å². The average molecular weight is 252 g/mol. The van der Waals surface area contributed by atoms with Crippen molar-refractivity contribution in [2.45, 2.75) is 33.2 Å². The number of likely N-dealkylation sites (N-methyl/N-ethyl adjacent to an activating group) is 1. The molecule has 1 aromatic carbocycles. The van der Waals surface area contributed by atoms with Gasteiger partial charge in [-0.1, -0.05) is 39.0 Å². The summed E-state index contributed by atoms with van der Waals surface area (Å²) in [4.78, 5) is 2.36. The van der Waals surface area contributed by atoms with E-state index in [1.54, 1.807) is 6.07 Å². The first-order valence-corrected chi connectivity index (χ1v) is 6.93. The number of hydrogen-bond donors (Lipinski definition) is 1. The molecule has 3 heteroatoms. The van der Waals surface area contributed by atoms with Crippen LogP contribution in [0.2, 0.25) is 0 Å². The van der Waals surface area contributed by atoms with Gasteiger partial charge in [0.1, 0.15) is 5.82 Å². The fourth-order valence-corrected chi connectivity index (χ4v) is 2.17. The van der Waals surface area contributed by atoms with Gasteiger partial charge in [0.2, 0.25) is 0 Å². The molecule has 0 aliphatic heterocycles. The summed E-state index contributed by atoms with van der Waals surface area (Å²) in [6.07, 6.45) is 0.902. The highest BCUT2D eigenvalue weighted by atomic mass is 19.1. The Morgan fingerprint density at radius 1 is 1.17 bits per heavy atom. The minimum Gasteiger partial charge on any atom is -0.309 e. The van der Waals surface area contributed by atoms with Crippen molar-refractivity contribution in [3.8, 4) is 0 Å². The van der Waals surface area contributed by atoms with Gasteiger partial charge in [-0.15, -0.1) is 0 Å². The van der Waals surface area contributed by atoms with E-state index in [1.807, 2.05) is 12.1 Å². The maximum atomic E-state index is 13.7. The van der Waals surface area contributed by atoms with Crippen molar-refractivity contribution in [1.29, 1.82) is 0 Å². The van der Waals surface area contributed by atoms with E-state index in [9.17, 15) is 4.39 Å². The highest BCUT2D eigenvalue weighted by Crippen LogP contribution is 2.19. The molecule has 0 fully saturated rings. The lowest BCUT2D eigenvalue weighted by Crippen LogP contribution is -2.33. The van der Waals surface area contributed by atoms with Gasteiger partial charge in [-0.05, 0) is 25.6 Å². The molecule has 1 aromatic rings. The van der Waals surface area contributed by atoms with Crippen LogP contribution in [0.4, 0.5) is 4.39 Å². The smallest absolute Gasteiger partial charge is 0.127 e. The lowest BCUT2D eigenvalue weighted by molar-refractivity contribution is 0.295. The van der Waals surface area contributed by atoms with Gasteiger partial charge in [-0.25, -0.2) is 4.39 Å². The van der Waals surface area contributed by atoms with E-state index in [4.69, 9.17) is 0 Å².